The van der Waals surface area contributed by atoms with E-state index < -0.39 is 5.85 Å². The summed E-state index contributed by atoms with van der Waals surface area (Å²) in [5.74, 6) is -1.52. The van der Waals surface area contributed by atoms with E-state index in [2.05, 4.69) is 0 Å². The van der Waals surface area contributed by atoms with Crippen molar-refractivity contribution >= 4 is 23.0 Å². The molecule has 0 fully saturated rings. The highest BCUT2D eigenvalue weighted by atomic mass is 16.6. The molecule has 0 unspecified atom stereocenters. The number of nitrogens with two attached hydrogens (primary N) is 1. The van der Waals surface area contributed by atoms with Crippen molar-refractivity contribution in [1.29, 1.82) is 0 Å². The third kappa shape index (κ3) is 2.99. The van der Waals surface area contributed by atoms with Gasteiger partial charge >= 0.3 is 5.97 Å². The predicted octanol–water partition coefficient (Wildman–Crippen LogP) is 4.44. The number of esters is 1. The Morgan fingerprint density at radius 2 is 1.28 bits per heavy atom. The van der Waals surface area contributed by atoms with Crippen molar-refractivity contribution in [1.82, 2.24) is 0 Å². The second-order valence-electron chi connectivity index (χ2n) is 7.59. The summed E-state index contributed by atoms with van der Waals surface area (Å²) in [6.07, 6.45) is 0. The highest BCUT2D eigenvalue weighted by Crippen LogP contribution is 2.45. The number of hydrogen-bond acceptors (Lipinski definition) is 5. The predicted molar refractivity (Wildman–Crippen MR) is 117 cm³/mol. The second-order valence-corrected chi connectivity index (χ2v) is 7.59. The lowest BCUT2D eigenvalue weighted by Gasteiger charge is -2.46. The largest absolute Gasteiger partial charge is 0.411 e. The van der Waals surface area contributed by atoms with Crippen LogP contribution in [0.3, 0.4) is 0 Å². The third-order valence-electron chi connectivity index (χ3n) is 5.60. The quantitative estimate of drug-likeness (QED) is 0.407. The number of cyclic esters (lactones) is 1. The van der Waals surface area contributed by atoms with E-state index in [9.17, 15) is 4.79 Å². The molecular formula is C24H25N3O2. The lowest BCUT2D eigenvalue weighted by atomic mass is 10.0. The Hall–Kier alpha value is -3.47. The molecule has 2 N–H and O–H groups in total. The van der Waals surface area contributed by atoms with Crippen molar-refractivity contribution in [2.45, 2.75) is 19.7 Å². The molecule has 0 aliphatic carbocycles. The van der Waals surface area contributed by atoms with E-state index in [1.165, 1.54) is 11.1 Å². The van der Waals surface area contributed by atoms with Crippen LogP contribution in [0.4, 0.5) is 17.1 Å². The second kappa shape index (κ2) is 6.85. The van der Waals surface area contributed by atoms with Gasteiger partial charge in [0.15, 0.2) is 0 Å². The van der Waals surface area contributed by atoms with Crippen LogP contribution in [0.25, 0.3) is 0 Å². The summed E-state index contributed by atoms with van der Waals surface area (Å²) in [4.78, 5) is 16.9. The number of fused-ring (bicyclic) bond motifs is 1. The lowest BCUT2D eigenvalue weighted by molar-refractivity contribution is -0.00719. The molecule has 148 valence electrons. The van der Waals surface area contributed by atoms with Gasteiger partial charge in [-0.15, -0.1) is 0 Å². The molecule has 5 heteroatoms. The summed E-state index contributed by atoms with van der Waals surface area (Å²) in [7, 11) is 3.88. The molecule has 0 atom stereocenters. The minimum absolute atomic E-state index is 0.384. The average Bonchev–Trinajstić information content (AvgIpc) is 3.01. The molecule has 1 aliphatic heterocycles. The summed E-state index contributed by atoms with van der Waals surface area (Å²) >= 11 is 0. The van der Waals surface area contributed by atoms with Gasteiger partial charge in [-0.3, -0.25) is 0 Å². The third-order valence-corrected chi connectivity index (χ3v) is 5.60. The van der Waals surface area contributed by atoms with Crippen LogP contribution in [0.2, 0.25) is 0 Å². The highest BCUT2D eigenvalue weighted by molar-refractivity contribution is 5.97. The number of aryl methyl sites for hydroxylation is 2. The maximum Gasteiger partial charge on any atom is 0.342 e. The zero-order valence-corrected chi connectivity index (χ0v) is 17.1. The maximum absolute atomic E-state index is 12.9. The van der Waals surface area contributed by atoms with Crippen LogP contribution in [-0.2, 0) is 10.6 Å². The molecule has 3 aromatic carbocycles. The molecule has 5 nitrogen and oxygen atoms in total. The van der Waals surface area contributed by atoms with E-state index >= 15 is 0 Å². The van der Waals surface area contributed by atoms with Crippen molar-refractivity contribution in [3.63, 3.8) is 0 Å². The number of carbonyl (C=O) groups is 1. The Kier molecular flexibility index (Phi) is 4.46. The minimum atomic E-state index is -1.13. The average molecular weight is 387 g/mol. The van der Waals surface area contributed by atoms with E-state index in [1.807, 2.05) is 98.4 Å². The first kappa shape index (κ1) is 18.9. The smallest absolute Gasteiger partial charge is 0.342 e. The van der Waals surface area contributed by atoms with Crippen molar-refractivity contribution in [2.75, 3.05) is 29.6 Å². The molecule has 0 saturated carbocycles. The first-order chi connectivity index (χ1) is 13.8. The molecule has 1 heterocycles. The fraction of sp³-hybridized carbons (Fsp3) is 0.208. The fourth-order valence-electron chi connectivity index (χ4n) is 3.86. The van der Waals surface area contributed by atoms with Crippen molar-refractivity contribution < 1.29 is 9.53 Å². The Bertz CT molecular complexity index is 1010. The van der Waals surface area contributed by atoms with Gasteiger partial charge in [0.05, 0.1) is 11.1 Å². The van der Waals surface area contributed by atoms with Gasteiger partial charge < -0.3 is 20.3 Å². The first-order valence-electron chi connectivity index (χ1n) is 9.57. The zero-order valence-electron chi connectivity index (χ0n) is 17.1. The van der Waals surface area contributed by atoms with E-state index in [1.54, 1.807) is 6.07 Å². The van der Waals surface area contributed by atoms with Crippen molar-refractivity contribution in [2.24, 2.45) is 0 Å². The topological polar surface area (TPSA) is 58.8 Å². The SMILES string of the molecule is Cc1ccc(N(C)C2(N(C)c3ccc(C)cc3)OC(=O)c3cc(N)ccc32)cc1. The number of benzene rings is 3. The molecule has 0 saturated heterocycles. The number of rotatable bonds is 4. The van der Waals surface area contributed by atoms with Crippen molar-refractivity contribution in [3.8, 4) is 0 Å². The van der Waals surface area contributed by atoms with E-state index in [-0.39, 0.29) is 5.97 Å². The Morgan fingerprint density at radius 1 is 0.793 bits per heavy atom. The number of nitrogen functional groups attached to an aromatic ring is 1. The van der Waals surface area contributed by atoms with Crippen LogP contribution in [0, 0.1) is 13.8 Å². The van der Waals surface area contributed by atoms with Crippen LogP contribution in [0.5, 0.6) is 0 Å². The van der Waals surface area contributed by atoms with Crippen LogP contribution in [0.15, 0.2) is 66.7 Å². The van der Waals surface area contributed by atoms with Gasteiger partial charge in [-0.2, -0.15) is 0 Å². The molecule has 1 aliphatic rings. The number of nitrogens with zero attached hydrogens (tertiary/aromatic N) is 2. The van der Waals surface area contributed by atoms with Gasteiger partial charge in [0, 0.05) is 31.2 Å². The summed E-state index contributed by atoms with van der Waals surface area (Å²) in [6, 6.07) is 21.7. The Morgan fingerprint density at radius 3 is 1.76 bits per heavy atom. The number of ether oxygens (including phenoxy) is 1. The number of anilines is 3. The molecular weight excluding hydrogens is 362 g/mol. The maximum atomic E-state index is 12.9. The van der Waals surface area contributed by atoms with E-state index in [0.717, 1.165) is 16.9 Å². The molecule has 4 rings (SSSR count). The van der Waals surface area contributed by atoms with Gasteiger partial charge in [0.1, 0.15) is 0 Å². The first-order valence-corrected chi connectivity index (χ1v) is 9.57. The van der Waals surface area contributed by atoms with Crippen molar-refractivity contribution in [3.05, 3.63) is 89.0 Å². The van der Waals surface area contributed by atoms with Gasteiger partial charge in [-0.1, -0.05) is 35.4 Å². The fourth-order valence-corrected chi connectivity index (χ4v) is 3.86. The standard InChI is InChI=1S/C24H25N3O2/c1-16-5-10-19(11-6-16)26(3)24(27(4)20-12-7-17(2)8-13-20)22-14-9-18(25)15-21(22)23(28)29-24/h5-15H,25H2,1-4H3. The number of hydrogen-bond donors (Lipinski definition) is 1. The molecule has 3 aromatic rings. The summed E-state index contributed by atoms with van der Waals surface area (Å²) in [6.45, 7) is 4.09. The lowest BCUT2D eigenvalue weighted by Crippen LogP contribution is -2.56. The molecule has 0 spiro atoms. The monoisotopic (exact) mass is 387 g/mol. The molecule has 0 amide bonds. The summed E-state index contributed by atoms with van der Waals surface area (Å²) in [5, 5.41) is 0. The molecule has 0 radical (unpaired) electrons. The van der Waals surface area contributed by atoms with Crippen LogP contribution in [0.1, 0.15) is 27.0 Å². The summed E-state index contributed by atoms with van der Waals surface area (Å²) in [5.41, 5.74) is 12.0. The number of carbonyl (C=O) groups excluding carboxylic acids is 1. The Labute approximate surface area is 171 Å². The van der Waals surface area contributed by atoms with Gasteiger partial charge in [0.2, 0.25) is 0 Å². The van der Waals surface area contributed by atoms with Gasteiger partial charge in [-0.25, -0.2) is 4.79 Å². The molecule has 0 aromatic heterocycles. The van der Waals surface area contributed by atoms with E-state index in [0.29, 0.717) is 11.3 Å². The van der Waals surface area contributed by atoms with Crippen LogP contribution < -0.4 is 15.5 Å². The van der Waals surface area contributed by atoms with Gasteiger partial charge in [-0.05, 0) is 56.3 Å². The molecule has 29 heavy (non-hydrogen) atoms. The van der Waals surface area contributed by atoms with E-state index in [4.69, 9.17) is 10.5 Å². The molecule has 0 bridgehead atoms. The minimum Gasteiger partial charge on any atom is -0.411 e. The van der Waals surface area contributed by atoms with Crippen LogP contribution >= 0.6 is 0 Å². The zero-order chi connectivity index (χ0) is 20.8. The highest BCUT2D eigenvalue weighted by Gasteiger charge is 2.53. The van der Waals surface area contributed by atoms with Crippen LogP contribution in [-0.4, -0.2) is 20.1 Å². The normalized spacial score (nSPS) is 14.3. The Balaban J connectivity index is 1.92. The summed E-state index contributed by atoms with van der Waals surface area (Å²) < 4.78 is 6.12. The van der Waals surface area contributed by atoms with Gasteiger partial charge in [0.25, 0.3) is 5.85 Å².